The van der Waals surface area contributed by atoms with Crippen LogP contribution in [0.4, 0.5) is 27.6 Å². The van der Waals surface area contributed by atoms with Gasteiger partial charge in [-0.1, -0.05) is 27.6 Å². The topological polar surface area (TPSA) is 104 Å². The molecular formula is C26H14BrCl2F5N2O5. The molecule has 7 nitrogen and oxygen atoms in total. The highest BCUT2D eigenvalue weighted by molar-refractivity contribution is 9.10. The summed E-state index contributed by atoms with van der Waals surface area (Å²) in [4.78, 5) is 47.7. The summed E-state index contributed by atoms with van der Waals surface area (Å²) >= 11 is 17.1. The van der Waals surface area contributed by atoms with Crippen molar-refractivity contribution in [1.29, 1.82) is 0 Å². The zero-order chi connectivity index (χ0) is 29.9. The number of nitrogens with one attached hydrogen (secondary N) is 1. The van der Waals surface area contributed by atoms with Gasteiger partial charge in [-0.3, -0.25) is 24.5 Å². The van der Waals surface area contributed by atoms with Gasteiger partial charge in [0.2, 0.25) is 17.6 Å². The van der Waals surface area contributed by atoms with E-state index >= 15 is 0 Å². The number of phenols is 1. The molecule has 6 atom stereocenters. The minimum atomic E-state index is -2.70. The largest absolute Gasteiger partial charge is 0.508 e. The molecule has 2 aromatic carbocycles. The van der Waals surface area contributed by atoms with E-state index in [1.807, 2.05) is 0 Å². The molecule has 2 N–H and O–H groups in total. The lowest BCUT2D eigenvalue weighted by Crippen LogP contribution is -2.60. The third-order valence-electron chi connectivity index (χ3n) is 8.36. The van der Waals surface area contributed by atoms with Crippen LogP contribution < -0.4 is 10.2 Å². The van der Waals surface area contributed by atoms with Crippen LogP contribution in [0, 0.1) is 46.8 Å². The van der Waals surface area contributed by atoms with Crippen LogP contribution in [0.3, 0.4) is 0 Å². The van der Waals surface area contributed by atoms with E-state index < -0.39 is 104 Å². The van der Waals surface area contributed by atoms with Gasteiger partial charge in [0, 0.05) is 16.0 Å². The number of benzene rings is 2. The van der Waals surface area contributed by atoms with Gasteiger partial charge >= 0.3 is 0 Å². The number of phenolic OH excluding ortho intramolecular Hbond substituents is 1. The third kappa shape index (κ3) is 3.42. The summed E-state index contributed by atoms with van der Waals surface area (Å²) in [5, 5.41) is 13.1. The first kappa shape index (κ1) is 28.1. The molecule has 2 aromatic rings. The second-order valence-corrected chi connectivity index (χ2v) is 12.4. The number of hydrogen-bond donors (Lipinski definition) is 2. The second kappa shape index (κ2) is 8.98. The van der Waals surface area contributed by atoms with Gasteiger partial charge in [-0.15, -0.1) is 23.2 Å². The highest BCUT2D eigenvalue weighted by Crippen LogP contribution is 2.66. The molecule has 41 heavy (non-hydrogen) atoms. The Labute approximate surface area is 245 Å². The molecule has 2 saturated heterocycles. The van der Waals surface area contributed by atoms with Gasteiger partial charge in [-0.25, -0.2) is 26.9 Å². The molecular weight excluding hydrogens is 666 g/mol. The number of fused-ring (bicyclic) bond motifs is 4. The lowest BCUT2D eigenvalue weighted by molar-refractivity contribution is -0.127. The van der Waals surface area contributed by atoms with Gasteiger partial charge in [-0.2, -0.15) is 0 Å². The summed E-state index contributed by atoms with van der Waals surface area (Å²) in [6, 6.07) is 4.00. The zero-order valence-electron chi connectivity index (χ0n) is 20.1. The summed E-state index contributed by atoms with van der Waals surface area (Å²) in [5.74, 6) is -21.8. The van der Waals surface area contributed by atoms with Crippen molar-refractivity contribution in [3.8, 4) is 5.75 Å². The lowest BCUT2D eigenvalue weighted by atomic mass is 9.56. The standard InChI is InChI=1S/C26H14BrCl2F5N2O5/c27-7-1-4-12(37)10(5-7)14-8-2-3-9-13(22(39)35-21(9)38)11(8)6-25(28)23(40)36(24(41)26(14,25)29)20-18(33)16(31)15(30)17(32)19(20)34/h1-2,4-5,9,11,13-14,37H,3,6H2,(H,35,38,39). The molecule has 2 aliphatic heterocycles. The number of imide groups is 2. The fourth-order valence-electron chi connectivity index (χ4n) is 6.58. The van der Waals surface area contributed by atoms with Gasteiger partial charge in [0.05, 0.1) is 11.8 Å². The Hall–Kier alpha value is -3.03. The van der Waals surface area contributed by atoms with E-state index in [1.165, 1.54) is 24.3 Å². The number of hydrogen-bond acceptors (Lipinski definition) is 5. The van der Waals surface area contributed by atoms with E-state index in [1.54, 1.807) is 0 Å². The number of halogens is 8. The molecule has 1 saturated carbocycles. The Morgan fingerprint density at radius 3 is 2.15 bits per heavy atom. The number of nitrogens with zero attached hydrogens (tertiary/aromatic N) is 1. The first-order chi connectivity index (χ1) is 19.2. The van der Waals surface area contributed by atoms with Crippen molar-refractivity contribution in [2.24, 2.45) is 17.8 Å². The van der Waals surface area contributed by atoms with Crippen LogP contribution in [-0.2, 0) is 19.2 Å². The van der Waals surface area contributed by atoms with E-state index in [0.29, 0.717) is 4.47 Å². The molecule has 6 rings (SSSR count). The van der Waals surface area contributed by atoms with E-state index in [2.05, 4.69) is 21.2 Å². The fourth-order valence-corrected chi connectivity index (χ4v) is 7.89. The quantitative estimate of drug-likeness (QED) is 0.120. The van der Waals surface area contributed by atoms with E-state index in [9.17, 15) is 46.2 Å². The SMILES string of the molecule is O=C1NC(=O)C2C1CC=C1C2CC2(Cl)C(=O)N(c3c(F)c(F)c(F)c(F)c3F)C(=O)C2(Cl)C1c1cc(Br)ccc1O. The number of aromatic hydroxyl groups is 1. The number of carbonyl (C=O) groups is 4. The molecule has 15 heteroatoms. The Morgan fingerprint density at radius 1 is 0.902 bits per heavy atom. The normalized spacial score (nSPS) is 32.5. The Balaban J connectivity index is 1.64. The maximum atomic E-state index is 14.9. The van der Waals surface area contributed by atoms with E-state index in [0.717, 1.165) is 0 Å². The summed E-state index contributed by atoms with van der Waals surface area (Å²) in [6.07, 6.45) is 0.910. The number of allylic oxidation sites excluding steroid dienone is 2. The Kier molecular flexibility index (Phi) is 6.16. The number of alkyl halides is 2. The van der Waals surface area contributed by atoms with Gasteiger partial charge in [-0.05, 0) is 37.0 Å². The van der Waals surface area contributed by atoms with Crippen molar-refractivity contribution in [2.45, 2.75) is 28.5 Å². The molecule has 2 aliphatic carbocycles. The average Bonchev–Trinajstić information content (AvgIpc) is 3.30. The highest BCUT2D eigenvalue weighted by atomic mass is 79.9. The molecule has 0 spiro atoms. The highest BCUT2D eigenvalue weighted by Gasteiger charge is 2.77. The van der Waals surface area contributed by atoms with Gasteiger partial charge < -0.3 is 5.11 Å². The van der Waals surface area contributed by atoms with Crippen LogP contribution in [0.5, 0.6) is 5.75 Å². The Morgan fingerprint density at radius 2 is 1.51 bits per heavy atom. The van der Waals surface area contributed by atoms with Crippen molar-refractivity contribution in [2.75, 3.05) is 4.90 Å². The molecule has 4 aliphatic rings. The molecule has 6 unspecified atom stereocenters. The predicted molar refractivity (Wildman–Crippen MR) is 135 cm³/mol. The molecule has 0 aromatic heterocycles. The molecule has 214 valence electrons. The number of carbonyl (C=O) groups excluding carboxylic acids is 4. The molecule has 2 heterocycles. The molecule has 4 amide bonds. The second-order valence-electron chi connectivity index (χ2n) is 10.2. The van der Waals surface area contributed by atoms with E-state index in [4.69, 9.17) is 23.2 Å². The monoisotopic (exact) mass is 678 g/mol. The van der Waals surface area contributed by atoms with Crippen LogP contribution in [0.2, 0.25) is 0 Å². The molecule has 0 bridgehead atoms. The zero-order valence-corrected chi connectivity index (χ0v) is 23.2. The maximum absolute atomic E-state index is 14.9. The predicted octanol–water partition coefficient (Wildman–Crippen LogP) is 4.70. The van der Waals surface area contributed by atoms with Crippen LogP contribution >= 0.6 is 39.1 Å². The van der Waals surface area contributed by atoms with Crippen molar-refractivity contribution in [1.82, 2.24) is 5.32 Å². The maximum Gasteiger partial charge on any atom is 0.258 e. The van der Waals surface area contributed by atoms with Crippen molar-refractivity contribution >= 4 is 68.4 Å². The van der Waals surface area contributed by atoms with Crippen LogP contribution in [0.25, 0.3) is 0 Å². The van der Waals surface area contributed by atoms with Crippen molar-refractivity contribution < 1.29 is 46.2 Å². The summed E-state index contributed by atoms with van der Waals surface area (Å²) < 4.78 is 72.4. The number of anilines is 1. The smallest absolute Gasteiger partial charge is 0.258 e. The molecule has 0 radical (unpaired) electrons. The summed E-state index contributed by atoms with van der Waals surface area (Å²) in [7, 11) is 0. The minimum absolute atomic E-state index is 0.00504. The number of amides is 4. The van der Waals surface area contributed by atoms with Crippen LogP contribution in [0.15, 0.2) is 34.3 Å². The minimum Gasteiger partial charge on any atom is -0.508 e. The van der Waals surface area contributed by atoms with Gasteiger partial charge in [0.25, 0.3) is 11.8 Å². The van der Waals surface area contributed by atoms with Crippen LogP contribution in [-0.4, -0.2) is 38.5 Å². The fraction of sp³-hybridized carbons (Fsp3) is 0.308. The third-order valence-corrected chi connectivity index (χ3v) is 10.3. The average molecular weight is 680 g/mol. The first-order valence-electron chi connectivity index (χ1n) is 12.0. The van der Waals surface area contributed by atoms with Crippen LogP contribution in [0.1, 0.15) is 24.3 Å². The van der Waals surface area contributed by atoms with Gasteiger partial charge in [0.1, 0.15) is 11.4 Å². The first-order valence-corrected chi connectivity index (χ1v) is 13.5. The Bertz CT molecular complexity index is 1640. The molecule has 3 fully saturated rings. The van der Waals surface area contributed by atoms with E-state index in [-0.39, 0.29) is 22.5 Å². The van der Waals surface area contributed by atoms with Gasteiger partial charge in [0.15, 0.2) is 33.0 Å². The number of rotatable bonds is 2. The van der Waals surface area contributed by atoms with Crippen molar-refractivity contribution in [3.05, 3.63) is 69.0 Å². The van der Waals surface area contributed by atoms with Crippen molar-refractivity contribution in [3.63, 3.8) is 0 Å². The lowest BCUT2D eigenvalue weighted by Gasteiger charge is -2.50. The summed E-state index contributed by atoms with van der Waals surface area (Å²) in [6.45, 7) is 0. The summed E-state index contributed by atoms with van der Waals surface area (Å²) in [5.41, 5.74) is -1.72.